The van der Waals surface area contributed by atoms with E-state index in [0.29, 0.717) is 19.0 Å². The van der Waals surface area contributed by atoms with Crippen molar-refractivity contribution in [3.05, 3.63) is 0 Å². The van der Waals surface area contributed by atoms with Gasteiger partial charge >= 0.3 is 5.97 Å². The van der Waals surface area contributed by atoms with Crippen molar-refractivity contribution >= 4 is 11.9 Å². The van der Waals surface area contributed by atoms with Crippen LogP contribution < -0.4 is 0 Å². The zero-order chi connectivity index (χ0) is 11.4. The summed E-state index contributed by atoms with van der Waals surface area (Å²) in [5.74, 6) is -0.128. The molecule has 0 aromatic rings. The van der Waals surface area contributed by atoms with E-state index in [-0.39, 0.29) is 18.2 Å². The van der Waals surface area contributed by atoms with Crippen LogP contribution in [0, 0.1) is 11.8 Å². The third-order valence-corrected chi connectivity index (χ3v) is 3.01. The average Bonchev–Trinajstić information content (AvgIpc) is 3.00. The summed E-state index contributed by atoms with van der Waals surface area (Å²) >= 11 is 0. The lowest BCUT2D eigenvalue weighted by atomic mass is 10.0. The number of rotatable bonds is 6. The first-order chi connectivity index (χ1) is 7.06. The van der Waals surface area contributed by atoms with Gasteiger partial charge in [0, 0.05) is 19.0 Å². The van der Waals surface area contributed by atoms with Crippen molar-refractivity contribution in [3.63, 3.8) is 0 Å². The summed E-state index contributed by atoms with van der Waals surface area (Å²) in [7, 11) is 0. The molecule has 0 spiro atoms. The van der Waals surface area contributed by atoms with E-state index in [4.69, 9.17) is 5.11 Å². The summed E-state index contributed by atoms with van der Waals surface area (Å²) < 4.78 is 0. The zero-order valence-electron chi connectivity index (χ0n) is 9.40. The summed E-state index contributed by atoms with van der Waals surface area (Å²) in [6, 6.07) is 0. The first kappa shape index (κ1) is 12.0. The highest BCUT2D eigenvalue weighted by atomic mass is 16.4. The minimum absolute atomic E-state index is 0.0387. The number of hydrogen-bond acceptors (Lipinski definition) is 2. The van der Waals surface area contributed by atoms with E-state index in [0.717, 1.165) is 12.8 Å². The molecule has 1 rings (SSSR count). The van der Waals surface area contributed by atoms with E-state index >= 15 is 0 Å². The van der Waals surface area contributed by atoms with Gasteiger partial charge in [-0.05, 0) is 25.7 Å². The van der Waals surface area contributed by atoms with Crippen molar-refractivity contribution in [2.45, 2.75) is 33.1 Å². The Labute approximate surface area is 90.3 Å². The summed E-state index contributed by atoms with van der Waals surface area (Å²) in [6.45, 7) is 4.77. The van der Waals surface area contributed by atoms with Crippen molar-refractivity contribution in [1.82, 2.24) is 4.90 Å². The molecule has 0 saturated heterocycles. The molecule has 4 heteroatoms. The van der Waals surface area contributed by atoms with E-state index < -0.39 is 5.97 Å². The molecule has 0 aliphatic heterocycles. The lowest BCUT2D eigenvalue weighted by molar-refractivity contribution is -0.139. The standard InChI is InChI=1S/C11H19NO3/c1-3-12(7-6-10(13)14)11(15)8(2)9-4-5-9/h8-9H,3-7H2,1-2H3,(H,13,14). The molecule has 86 valence electrons. The predicted octanol–water partition coefficient (Wildman–Crippen LogP) is 1.36. The second-order valence-corrected chi connectivity index (χ2v) is 4.19. The number of hydrogen-bond donors (Lipinski definition) is 1. The van der Waals surface area contributed by atoms with Crippen LogP contribution in [0.25, 0.3) is 0 Å². The van der Waals surface area contributed by atoms with Gasteiger partial charge in [0.25, 0.3) is 0 Å². The molecule has 1 atom stereocenters. The van der Waals surface area contributed by atoms with Crippen LogP contribution in [-0.4, -0.2) is 35.0 Å². The Bertz CT molecular complexity index is 248. The van der Waals surface area contributed by atoms with Crippen LogP contribution in [0.4, 0.5) is 0 Å². The monoisotopic (exact) mass is 213 g/mol. The fraction of sp³-hybridized carbons (Fsp3) is 0.818. The molecular weight excluding hydrogens is 194 g/mol. The Morgan fingerprint density at radius 2 is 2.07 bits per heavy atom. The van der Waals surface area contributed by atoms with E-state index in [1.807, 2.05) is 13.8 Å². The quantitative estimate of drug-likeness (QED) is 0.724. The maximum Gasteiger partial charge on any atom is 0.305 e. The molecule has 1 aliphatic carbocycles. The molecular formula is C11H19NO3. The normalized spacial score (nSPS) is 17.2. The van der Waals surface area contributed by atoms with Crippen LogP contribution in [0.3, 0.4) is 0 Å². The molecule has 0 aromatic heterocycles. The van der Waals surface area contributed by atoms with E-state index in [1.165, 1.54) is 0 Å². The fourth-order valence-electron chi connectivity index (χ4n) is 1.74. The van der Waals surface area contributed by atoms with Crippen LogP contribution >= 0.6 is 0 Å². The molecule has 0 bridgehead atoms. The largest absolute Gasteiger partial charge is 0.481 e. The topological polar surface area (TPSA) is 57.6 Å². The van der Waals surface area contributed by atoms with Gasteiger partial charge in [0.05, 0.1) is 6.42 Å². The molecule has 0 radical (unpaired) electrons. The van der Waals surface area contributed by atoms with Gasteiger partial charge in [-0.2, -0.15) is 0 Å². The summed E-state index contributed by atoms with van der Waals surface area (Å²) in [6.07, 6.45) is 2.32. The van der Waals surface area contributed by atoms with Gasteiger partial charge < -0.3 is 10.0 Å². The Kier molecular flexibility index (Phi) is 4.12. The molecule has 4 nitrogen and oxygen atoms in total. The maximum absolute atomic E-state index is 11.9. The fourth-order valence-corrected chi connectivity index (χ4v) is 1.74. The number of aliphatic carboxylic acids is 1. The minimum Gasteiger partial charge on any atom is -0.481 e. The van der Waals surface area contributed by atoms with Crippen LogP contribution in [0.5, 0.6) is 0 Å². The lowest BCUT2D eigenvalue weighted by Gasteiger charge is -2.23. The number of carboxylic acids is 1. The molecule has 15 heavy (non-hydrogen) atoms. The van der Waals surface area contributed by atoms with Crippen LogP contribution in [0.2, 0.25) is 0 Å². The maximum atomic E-state index is 11.9. The molecule has 1 amide bonds. The van der Waals surface area contributed by atoms with Crippen LogP contribution in [0.15, 0.2) is 0 Å². The third kappa shape index (κ3) is 3.53. The smallest absolute Gasteiger partial charge is 0.305 e. The molecule has 1 unspecified atom stereocenters. The predicted molar refractivity (Wildman–Crippen MR) is 56.4 cm³/mol. The Hall–Kier alpha value is -1.06. The Morgan fingerprint density at radius 1 is 1.47 bits per heavy atom. The van der Waals surface area contributed by atoms with Crippen LogP contribution in [-0.2, 0) is 9.59 Å². The van der Waals surface area contributed by atoms with Gasteiger partial charge in [0.1, 0.15) is 0 Å². The summed E-state index contributed by atoms with van der Waals surface area (Å²) in [4.78, 5) is 24.0. The Morgan fingerprint density at radius 3 is 2.47 bits per heavy atom. The average molecular weight is 213 g/mol. The van der Waals surface area contributed by atoms with Gasteiger partial charge in [-0.1, -0.05) is 6.92 Å². The van der Waals surface area contributed by atoms with E-state index in [9.17, 15) is 9.59 Å². The molecule has 0 heterocycles. The van der Waals surface area contributed by atoms with Crippen molar-refractivity contribution in [1.29, 1.82) is 0 Å². The van der Waals surface area contributed by atoms with Crippen molar-refractivity contribution in [2.75, 3.05) is 13.1 Å². The van der Waals surface area contributed by atoms with E-state index in [2.05, 4.69) is 0 Å². The highest BCUT2D eigenvalue weighted by Gasteiger charge is 2.34. The summed E-state index contributed by atoms with van der Waals surface area (Å²) in [5, 5.41) is 8.56. The summed E-state index contributed by atoms with van der Waals surface area (Å²) in [5.41, 5.74) is 0. The third-order valence-electron chi connectivity index (χ3n) is 3.01. The molecule has 1 fully saturated rings. The van der Waals surface area contributed by atoms with Gasteiger partial charge in [0.2, 0.25) is 5.91 Å². The number of nitrogens with zero attached hydrogens (tertiary/aromatic N) is 1. The lowest BCUT2D eigenvalue weighted by Crippen LogP contribution is -2.37. The van der Waals surface area contributed by atoms with Crippen molar-refractivity contribution in [2.24, 2.45) is 11.8 Å². The van der Waals surface area contributed by atoms with Crippen molar-refractivity contribution in [3.8, 4) is 0 Å². The minimum atomic E-state index is -0.847. The Balaban J connectivity index is 2.41. The van der Waals surface area contributed by atoms with Gasteiger partial charge in [-0.25, -0.2) is 0 Å². The molecule has 1 N–H and O–H groups in total. The number of carboxylic acid groups (broad SMARTS) is 1. The first-order valence-corrected chi connectivity index (χ1v) is 5.56. The first-order valence-electron chi connectivity index (χ1n) is 5.56. The second-order valence-electron chi connectivity index (χ2n) is 4.19. The van der Waals surface area contributed by atoms with Gasteiger partial charge in [-0.15, -0.1) is 0 Å². The highest BCUT2D eigenvalue weighted by Crippen LogP contribution is 2.37. The molecule has 1 aliphatic rings. The van der Waals surface area contributed by atoms with Crippen molar-refractivity contribution < 1.29 is 14.7 Å². The van der Waals surface area contributed by atoms with Crippen LogP contribution in [0.1, 0.15) is 33.1 Å². The number of carbonyl (C=O) groups is 2. The SMILES string of the molecule is CCN(CCC(=O)O)C(=O)C(C)C1CC1. The second kappa shape index (κ2) is 5.14. The van der Waals surface area contributed by atoms with Gasteiger partial charge in [0.15, 0.2) is 0 Å². The number of amides is 1. The highest BCUT2D eigenvalue weighted by molar-refractivity contribution is 5.79. The zero-order valence-corrected chi connectivity index (χ0v) is 9.40. The van der Waals surface area contributed by atoms with E-state index in [1.54, 1.807) is 4.90 Å². The number of carbonyl (C=O) groups excluding carboxylic acids is 1. The molecule has 0 aromatic carbocycles. The van der Waals surface area contributed by atoms with Gasteiger partial charge in [-0.3, -0.25) is 9.59 Å². The molecule has 1 saturated carbocycles.